The van der Waals surface area contributed by atoms with Crippen LogP contribution in [0.5, 0.6) is 0 Å². The molecular weight excluding hydrogens is 204 g/mol. The predicted octanol–water partition coefficient (Wildman–Crippen LogP) is 0.443. The van der Waals surface area contributed by atoms with Gasteiger partial charge < -0.3 is 20.5 Å². The molecule has 0 spiro atoms. The van der Waals surface area contributed by atoms with Crippen molar-refractivity contribution < 1.29 is 9.84 Å². The van der Waals surface area contributed by atoms with Crippen molar-refractivity contribution in [3.05, 3.63) is 0 Å². The van der Waals surface area contributed by atoms with Crippen molar-refractivity contribution in [3.8, 4) is 0 Å². The van der Waals surface area contributed by atoms with Crippen LogP contribution in [-0.4, -0.2) is 55.0 Å². The lowest BCUT2D eigenvalue weighted by Gasteiger charge is -2.37. The normalized spacial score (nSPS) is 31.3. The number of piperidine rings is 1. The fourth-order valence-electron chi connectivity index (χ4n) is 2.11. The van der Waals surface area contributed by atoms with Crippen LogP contribution in [0.4, 0.5) is 0 Å². The number of likely N-dealkylation sites (tertiary alicyclic amines) is 1. The van der Waals surface area contributed by atoms with E-state index < -0.39 is 5.60 Å². The zero-order chi connectivity index (χ0) is 12.2. The summed E-state index contributed by atoms with van der Waals surface area (Å²) in [5.41, 5.74) is 4.77. The fourth-order valence-corrected chi connectivity index (χ4v) is 2.11. The lowest BCUT2D eigenvalue weighted by atomic mass is 9.94. The molecule has 0 aliphatic carbocycles. The minimum Gasteiger partial charge on any atom is -0.389 e. The van der Waals surface area contributed by atoms with Gasteiger partial charge in [-0.1, -0.05) is 6.92 Å². The number of nitrogens with zero attached hydrogens (tertiary/aromatic N) is 1. The van der Waals surface area contributed by atoms with Crippen LogP contribution in [0.3, 0.4) is 0 Å². The summed E-state index contributed by atoms with van der Waals surface area (Å²) in [5.74, 6) is 0.635. The summed E-state index contributed by atoms with van der Waals surface area (Å²) in [6.07, 6.45) is 2.23. The lowest BCUT2D eigenvalue weighted by Crippen LogP contribution is -2.46. The second kappa shape index (κ2) is 5.96. The van der Waals surface area contributed by atoms with Crippen molar-refractivity contribution >= 4 is 0 Å². The van der Waals surface area contributed by atoms with Crippen molar-refractivity contribution in [1.82, 2.24) is 4.90 Å². The summed E-state index contributed by atoms with van der Waals surface area (Å²) in [6.45, 7) is 7.33. The third-order valence-corrected chi connectivity index (χ3v) is 3.68. The third-order valence-electron chi connectivity index (χ3n) is 3.68. The highest BCUT2D eigenvalue weighted by molar-refractivity contribution is 4.81. The molecule has 1 rings (SSSR count). The first-order valence-corrected chi connectivity index (χ1v) is 6.16. The van der Waals surface area contributed by atoms with Crippen molar-refractivity contribution in [2.24, 2.45) is 11.7 Å². The van der Waals surface area contributed by atoms with Crippen LogP contribution in [0.15, 0.2) is 0 Å². The van der Waals surface area contributed by atoms with Crippen molar-refractivity contribution in [2.45, 2.75) is 38.4 Å². The van der Waals surface area contributed by atoms with Gasteiger partial charge in [-0.25, -0.2) is 0 Å². The van der Waals surface area contributed by atoms with E-state index in [-0.39, 0.29) is 0 Å². The van der Waals surface area contributed by atoms with Gasteiger partial charge in [0.2, 0.25) is 0 Å². The molecule has 16 heavy (non-hydrogen) atoms. The Morgan fingerprint density at radius 2 is 2.25 bits per heavy atom. The van der Waals surface area contributed by atoms with Gasteiger partial charge in [-0.3, -0.25) is 0 Å². The number of methoxy groups -OCH3 is 1. The monoisotopic (exact) mass is 230 g/mol. The SMILES string of the molecule is COC1CN(CCC(C)(O)CN)CCC1C. The first-order valence-electron chi connectivity index (χ1n) is 6.16. The maximum absolute atomic E-state index is 9.85. The van der Waals surface area contributed by atoms with E-state index in [1.807, 2.05) is 0 Å². The molecule has 0 aromatic rings. The molecule has 96 valence electrons. The molecule has 0 amide bonds. The van der Waals surface area contributed by atoms with Gasteiger partial charge >= 0.3 is 0 Å². The van der Waals surface area contributed by atoms with E-state index in [2.05, 4.69) is 11.8 Å². The van der Waals surface area contributed by atoms with Crippen LogP contribution in [0, 0.1) is 5.92 Å². The number of aliphatic hydroxyl groups is 1. The van der Waals surface area contributed by atoms with Gasteiger partial charge in [0.1, 0.15) is 0 Å². The van der Waals surface area contributed by atoms with E-state index in [0.29, 0.717) is 18.6 Å². The lowest BCUT2D eigenvalue weighted by molar-refractivity contribution is -0.0161. The summed E-state index contributed by atoms with van der Waals surface area (Å²) in [4.78, 5) is 2.36. The van der Waals surface area contributed by atoms with Gasteiger partial charge in [0.25, 0.3) is 0 Å². The van der Waals surface area contributed by atoms with Crippen LogP contribution >= 0.6 is 0 Å². The Morgan fingerprint density at radius 1 is 1.56 bits per heavy atom. The average Bonchev–Trinajstić information content (AvgIpc) is 2.28. The molecule has 0 radical (unpaired) electrons. The van der Waals surface area contributed by atoms with Gasteiger partial charge in [0.05, 0.1) is 11.7 Å². The average molecular weight is 230 g/mol. The quantitative estimate of drug-likeness (QED) is 0.719. The topological polar surface area (TPSA) is 58.7 Å². The maximum atomic E-state index is 9.85. The Kier molecular flexibility index (Phi) is 5.18. The number of hydrogen-bond donors (Lipinski definition) is 2. The summed E-state index contributed by atoms with van der Waals surface area (Å²) in [5, 5.41) is 9.85. The molecule has 0 bridgehead atoms. The largest absolute Gasteiger partial charge is 0.389 e. The van der Waals surface area contributed by atoms with Crippen molar-refractivity contribution in [1.29, 1.82) is 0 Å². The highest BCUT2D eigenvalue weighted by atomic mass is 16.5. The van der Waals surface area contributed by atoms with Gasteiger partial charge in [0, 0.05) is 26.7 Å². The minimum absolute atomic E-state index is 0.324. The van der Waals surface area contributed by atoms with Crippen LogP contribution in [-0.2, 0) is 4.74 Å². The molecule has 1 heterocycles. The van der Waals surface area contributed by atoms with E-state index in [1.165, 1.54) is 6.42 Å². The summed E-state index contributed by atoms with van der Waals surface area (Å²) < 4.78 is 5.46. The molecule has 1 aliphatic rings. The molecule has 4 heteroatoms. The zero-order valence-electron chi connectivity index (χ0n) is 10.8. The molecule has 0 saturated carbocycles. The molecular formula is C12H26N2O2. The van der Waals surface area contributed by atoms with Gasteiger partial charge in [-0.15, -0.1) is 0 Å². The first-order chi connectivity index (χ1) is 7.48. The van der Waals surface area contributed by atoms with E-state index >= 15 is 0 Å². The Morgan fingerprint density at radius 3 is 2.81 bits per heavy atom. The second-order valence-electron chi connectivity index (χ2n) is 5.29. The Labute approximate surface area is 98.8 Å². The van der Waals surface area contributed by atoms with Crippen LogP contribution < -0.4 is 5.73 Å². The minimum atomic E-state index is -0.731. The molecule has 1 saturated heterocycles. The third kappa shape index (κ3) is 4.01. The second-order valence-corrected chi connectivity index (χ2v) is 5.29. The number of ether oxygens (including phenoxy) is 1. The number of hydrogen-bond acceptors (Lipinski definition) is 4. The molecule has 1 fully saturated rings. The van der Waals surface area contributed by atoms with Crippen LogP contribution in [0.2, 0.25) is 0 Å². The summed E-state index contributed by atoms with van der Waals surface area (Å²) in [6, 6.07) is 0. The van der Waals surface area contributed by atoms with Gasteiger partial charge in [-0.05, 0) is 32.2 Å². The van der Waals surface area contributed by atoms with Crippen molar-refractivity contribution in [3.63, 3.8) is 0 Å². The summed E-state index contributed by atoms with van der Waals surface area (Å²) >= 11 is 0. The smallest absolute Gasteiger partial charge is 0.0753 e. The van der Waals surface area contributed by atoms with Crippen LogP contribution in [0.1, 0.15) is 26.7 Å². The van der Waals surface area contributed by atoms with Crippen molar-refractivity contribution in [2.75, 3.05) is 33.3 Å². The Balaban J connectivity index is 2.33. The Hall–Kier alpha value is -0.160. The van der Waals surface area contributed by atoms with E-state index in [4.69, 9.17) is 10.5 Å². The zero-order valence-corrected chi connectivity index (χ0v) is 10.8. The standard InChI is InChI=1S/C12H26N2O2/c1-10-4-6-14(8-11(10)16-3)7-5-12(2,15)9-13/h10-11,15H,4-9,13H2,1-3H3. The Bertz CT molecular complexity index is 209. The molecule has 1 aliphatic heterocycles. The highest BCUT2D eigenvalue weighted by Gasteiger charge is 2.27. The van der Waals surface area contributed by atoms with E-state index in [1.54, 1.807) is 14.0 Å². The molecule has 4 nitrogen and oxygen atoms in total. The molecule has 0 aromatic carbocycles. The fraction of sp³-hybridized carbons (Fsp3) is 1.00. The highest BCUT2D eigenvalue weighted by Crippen LogP contribution is 2.20. The summed E-state index contributed by atoms with van der Waals surface area (Å²) in [7, 11) is 1.78. The van der Waals surface area contributed by atoms with E-state index in [9.17, 15) is 5.11 Å². The van der Waals surface area contributed by atoms with E-state index in [0.717, 1.165) is 26.1 Å². The van der Waals surface area contributed by atoms with Gasteiger partial charge in [0.15, 0.2) is 0 Å². The maximum Gasteiger partial charge on any atom is 0.0753 e. The van der Waals surface area contributed by atoms with Gasteiger partial charge in [-0.2, -0.15) is 0 Å². The number of nitrogens with two attached hydrogens (primary N) is 1. The molecule has 3 N–H and O–H groups in total. The molecule has 3 atom stereocenters. The number of rotatable bonds is 5. The van der Waals surface area contributed by atoms with Crippen LogP contribution in [0.25, 0.3) is 0 Å². The molecule has 3 unspecified atom stereocenters. The molecule has 0 aromatic heterocycles. The first kappa shape index (κ1) is 13.9. The predicted molar refractivity (Wildman–Crippen MR) is 65.3 cm³/mol.